The van der Waals surface area contributed by atoms with Crippen LogP contribution in [0.15, 0.2) is 15.9 Å². The van der Waals surface area contributed by atoms with Crippen molar-refractivity contribution in [1.29, 1.82) is 0 Å². The average Bonchev–Trinajstić information content (AvgIpc) is 2.90. The van der Waals surface area contributed by atoms with Crippen molar-refractivity contribution in [1.82, 2.24) is 19.1 Å². The van der Waals surface area contributed by atoms with E-state index in [1.807, 2.05) is 4.98 Å². The highest BCUT2D eigenvalue weighted by molar-refractivity contribution is 5.70. The summed E-state index contributed by atoms with van der Waals surface area (Å²) in [5.41, 5.74) is -1.54. The summed E-state index contributed by atoms with van der Waals surface area (Å²) in [6.07, 6.45) is -5.19. The monoisotopic (exact) mass is 282 g/mol. The number of nitrogens with zero attached hydrogens (tertiary/aromatic N) is 3. The van der Waals surface area contributed by atoms with Crippen LogP contribution in [-0.4, -0.2) is 52.7 Å². The quantitative estimate of drug-likeness (QED) is 0.403. The van der Waals surface area contributed by atoms with Gasteiger partial charge in [0.05, 0.1) is 6.33 Å². The number of hydrogen-bond donors (Lipinski definition) is 4. The van der Waals surface area contributed by atoms with Crippen LogP contribution in [0, 0.1) is 0 Å². The Kier molecular flexibility index (Phi) is 2.09. The molecule has 0 radical (unpaired) electrons. The number of nitrogens with one attached hydrogen (secondary N) is 1. The second kappa shape index (κ2) is 3.55. The van der Waals surface area contributed by atoms with E-state index >= 15 is 0 Å². The van der Waals surface area contributed by atoms with E-state index in [0.29, 0.717) is 0 Å². The molecular weight excluding hydrogens is 272 g/mol. The van der Waals surface area contributed by atoms with E-state index in [-0.39, 0.29) is 11.2 Å². The molecule has 4 N–H and O–H groups in total. The zero-order valence-corrected chi connectivity index (χ0v) is 9.87. The molecule has 5 atom stereocenters. The summed E-state index contributed by atoms with van der Waals surface area (Å²) in [5.74, 6) is 0. The Labute approximate surface area is 109 Å². The number of H-pyrrole nitrogens is 1. The predicted octanol–water partition coefficient (Wildman–Crippen LogP) is -2.99. The zero-order valence-electron chi connectivity index (χ0n) is 9.87. The molecule has 2 bridgehead atoms. The summed E-state index contributed by atoms with van der Waals surface area (Å²) < 4.78 is 7.53. The van der Waals surface area contributed by atoms with Gasteiger partial charge in [0.1, 0.15) is 18.3 Å². The van der Waals surface area contributed by atoms with Crippen LogP contribution in [0.1, 0.15) is 12.5 Å². The van der Waals surface area contributed by atoms with Crippen LogP contribution in [0.3, 0.4) is 0 Å². The first-order chi connectivity index (χ1) is 9.50. The maximum atomic E-state index is 11.9. The molecule has 0 spiro atoms. The van der Waals surface area contributed by atoms with Gasteiger partial charge < -0.3 is 20.1 Å². The van der Waals surface area contributed by atoms with Crippen LogP contribution in [0.25, 0.3) is 11.2 Å². The smallest absolute Gasteiger partial charge is 0.332 e. The fourth-order valence-corrected chi connectivity index (χ4v) is 2.81. The number of aromatic nitrogens is 4. The minimum Gasteiger partial charge on any atom is -0.387 e. The van der Waals surface area contributed by atoms with Gasteiger partial charge in [-0.3, -0.25) is 14.3 Å². The van der Waals surface area contributed by atoms with Gasteiger partial charge in [-0.2, -0.15) is 0 Å². The third-order valence-electron chi connectivity index (χ3n) is 3.76. The van der Waals surface area contributed by atoms with E-state index in [1.165, 1.54) is 10.9 Å². The van der Waals surface area contributed by atoms with Crippen LogP contribution in [0.2, 0.25) is 0 Å². The third-order valence-corrected chi connectivity index (χ3v) is 3.76. The Bertz CT molecular complexity index is 821. The Hall–Kier alpha value is -2.01. The molecule has 10 heteroatoms. The number of fused-ring (bicyclic) bond motifs is 3. The van der Waals surface area contributed by atoms with E-state index in [1.54, 1.807) is 0 Å². The van der Waals surface area contributed by atoms with E-state index in [0.717, 1.165) is 4.57 Å². The fourth-order valence-electron chi connectivity index (χ4n) is 2.81. The Morgan fingerprint density at radius 1 is 1.25 bits per heavy atom. The number of rotatable bonds is 0. The minimum atomic E-state index is -1.55. The largest absolute Gasteiger partial charge is 0.387 e. The lowest BCUT2D eigenvalue weighted by Gasteiger charge is -2.23. The van der Waals surface area contributed by atoms with Crippen LogP contribution >= 0.6 is 0 Å². The number of imidazole rings is 1. The standard InChI is InChI=1S/C10H10N4O6/c15-3-4(16)9-13-1-11-2-6(17)12-10(19)14(7(2)13)8(18)5(3)20-9/h1,3-5,8-9,15-16,18H,(H,12,17,19)/t3-,4+,5-,8?,9+/m0/s1. The van der Waals surface area contributed by atoms with E-state index in [4.69, 9.17) is 4.74 Å². The molecule has 10 nitrogen and oxygen atoms in total. The first-order valence-corrected chi connectivity index (χ1v) is 5.91. The predicted molar refractivity (Wildman–Crippen MR) is 61.8 cm³/mol. The van der Waals surface area contributed by atoms with Gasteiger partial charge in [-0.1, -0.05) is 0 Å². The summed E-state index contributed by atoms with van der Waals surface area (Å²) in [4.78, 5) is 29.5. The molecule has 0 aromatic carbocycles. The Morgan fingerprint density at radius 2 is 2.00 bits per heavy atom. The molecule has 1 fully saturated rings. The third kappa shape index (κ3) is 1.19. The van der Waals surface area contributed by atoms with E-state index in [2.05, 4.69) is 4.98 Å². The van der Waals surface area contributed by atoms with Crippen molar-refractivity contribution in [2.75, 3.05) is 0 Å². The summed E-state index contributed by atoms with van der Waals surface area (Å²) in [6.45, 7) is 0. The second-order valence-electron chi connectivity index (χ2n) is 4.84. The van der Waals surface area contributed by atoms with Crippen molar-refractivity contribution in [3.05, 3.63) is 27.2 Å². The summed E-state index contributed by atoms with van der Waals surface area (Å²) in [6, 6.07) is 0. The molecule has 106 valence electrons. The molecule has 4 rings (SSSR count). The van der Waals surface area contributed by atoms with Crippen molar-refractivity contribution in [2.24, 2.45) is 0 Å². The van der Waals surface area contributed by atoms with Crippen molar-refractivity contribution < 1.29 is 20.1 Å². The van der Waals surface area contributed by atoms with Crippen LogP contribution < -0.4 is 11.2 Å². The maximum Gasteiger partial charge on any atom is 0.332 e. The molecule has 1 unspecified atom stereocenters. The number of ether oxygens (including phenoxy) is 1. The van der Waals surface area contributed by atoms with Gasteiger partial charge in [0, 0.05) is 0 Å². The van der Waals surface area contributed by atoms with Gasteiger partial charge >= 0.3 is 5.69 Å². The van der Waals surface area contributed by atoms with Crippen LogP contribution in [-0.2, 0) is 4.74 Å². The van der Waals surface area contributed by atoms with Gasteiger partial charge in [-0.15, -0.1) is 0 Å². The lowest BCUT2D eigenvalue weighted by atomic mass is 10.1. The molecule has 2 aliphatic heterocycles. The summed E-state index contributed by atoms with van der Waals surface area (Å²) >= 11 is 0. The Morgan fingerprint density at radius 3 is 2.75 bits per heavy atom. The first-order valence-electron chi connectivity index (χ1n) is 5.91. The van der Waals surface area contributed by atoms with Crippen LogP contribution in [0.5, 0.6) is 0 Å². The molecule has 4 heterocycles. The molecule has 1 saturated heterocycles. The highest BCUT2D eigenvalue weighted by atomic mass is 16.6. The Balaban J connectivity index is 2.16. The number of aliphatic hydroxyl groups is 3. The topological polar surface area (TPSA) is 143 Å². The second-order valence-corrected chi connectivity index (χ2v) is 4.84. The molecule has 2 aliphatic rings. The van der Waals surface area contributed by atoms with Gasteiger partial charge in [-0.05, 0) is 0 Å². The van der Waals surface area contributed by atoms with Gasteiger partial charge in [0.25, 0.3) is 5.56 Å². The normalized spacial score (nSPS) is 35.5. The van der Waals surface area contributed by atoms with Gasteiger partial charge in [0.15, 0.2) is 23.6 Å². The highest BCUT2D eigenvalue weighted by Gasteiger charge is 2.50. The molecule has 20 heavy (non-hydrogen) atoms. The fraction of sp³-hybridized carbons (Fsp3) is 0.500. The molecule has 2 aromatic rings. The maximum absolute atomic E-state index is 11.9. The number of aromatic amines is 1. The average molecular weight is 282 g/mol. The molecule has 0 saturated carbocycles. The van der Waals surface area contributed by atoms with Crippen molar-refractivity contribution in [3.8, 4) is 0 Å². The molecule has 0 amide bonds. The van der Waals surface area contributed by atoms with Crippen molar-refractivity contribution in [2.45, 2.75) is 30.8 Å². The van der Waals surface area contributed by atoms with Crippen molar-refractivity contribution in [3.63, 3.8) is 0 Å². The molecular formula is C10H10N4O6. The van der Waals surface area contributed by atoms with E-state index < -0.39 is 42.0 Å². The lowest BCUT2D eigenvalue weighted by molar-refractivity contribution is -0.101. The van der Waals surface area contributed by atoms with E-state index in [9.17, 15) is 24.9 Å². The molecule has 0 aliphatic carbocycles. The van der Waals surface area contributed by atoms with Crippen molar-refractivity contribution >= 4 is 11.2 Å². The summed E-state index contributed by atoms with van der Waals surface area (Å²) in [7, 11) is 0. The van der Waals surface area contributed by atoms with Gasteiger partial charge in [-0.25, -0.2) is 14.3 Å². The summed E-state index contributed by atoms with van der Waals surface area (Å²) in [5, 5.41) is 30.0. The number of hydrogen-bond acceptors (Lipinski definition) is 7. The van der Waals surface area contributed by atoms with Gasteiger partial charge in [0.2, 0.25) is 0 Å². The molecule has 2 aromatic heterocycles. The first kappa shape index (κ1) is 11.8. The lowest BCUT2D eigenvalue weighted by Crippen LogP contribution is -2.43. The zero-order chi connectivity index (χ0) is 14.2. The minimum absolute atomic E-state index is 0.0460. The highest BCUT2D eigenvalue weighted by Crippen LogP contribution is 2.38. The SMILES string of the molecule is O=c1[nH]c(=O)n2c3c1ncn3[C@@H]1O[C@H](C2O)[C@@H](O)[C@H]1O. The van der Waals surface area contributed by atoms with Crippen LogP contribution in [0.4, 0.5) is 0 Å². The number of aliphatic hydroxyl groups excluding tert-OH is 3.